The van der Waals surface area contributed by atoms with Crippen LogP contribution in [0.5, 0.6) is 0 Å². The van der Waals surface area contributed by atoms with Crippen LogP contribution in [0.3, 0.4) is 0 Å². The zero-order valence-electron chi connectivity index (χ0n) is 15.4. The van der Waals surface area contributed by atoms with Gasteiger partial charge < -0.3 is 9.30 Å². The van der Waals surface area contributed by atoms with Gasteiger partial charge in [0.15, 0.2) is 4.80 Å². The van der Waals surface area contributed by atoms with Crippen molar-refractivity contribution in [2.75, 3.05) is 13.2 Å². The first-order valence-corrected chi connectivity index (χ1v) is 11.0. The number of fused-ring (bicyclic) bond motifs is 3. The van der Waals surface area contributed by atoms with E-state index in [9.17, 15) is 4.79 Å². The molecule has 6 heteroatoms. The van der Waals surface area contributed by atoms with Crippen LogP contribution < -0.4 is 4.80 Å². The molecule has 4 aromatic rings. The predicted octanol–water partition coefficient (Wildman–Crippen LogP) is 5.24. The number of nitrogens with zero attached hydrogens (tertiary/aromatic N) is 2. The van der Waals surface area contributed by atoms with Crippen molar-refractivity contribution in [3.8, 4) is 0 Å². The summed E-state index contributed by atoms with van der Waals surface area (Å²) in [6.07, 6.45) is 0. The Bertz CT molecular complexity index is 1230. The van der Waals surface area contributed by atoms with Crippen molar-refractivity contribution in [2.24, 2.45) is 4.99 Å². The average Bonchev–Trinajstić information content (AvgIpc) is 3.06. The molecule has 0 N–H and O–H groups in total. The molecule has 0 bridgehead atoms. The summed E-state index contributed by atoms with van der Waals surface area (Å²) in [5, 5.41) is 2.36. The smallest absolute Gasteiger partial charge is 0.280 e. The molecule has 3 aromatic carbocycles. The minimum atomic E-state index is -0.217. The Kier molecular flexibility index (Phi) is 5.89. The van der Waals surface area contributed by atoms with Crippen molar-refractivity contribution in [3.05, 3.63) is 74.6 Å². The summed E-state index contributed by atoms with van der Waals surface area (Å²) in [5.41, 5.74) is 1.71. The van der Waals surface area contributed by atoms with Gasteiger partial charge in [0.05, 0.1) is 22.4 Å². The first-order chi connectivity index (χ1) is 13.7. The number of amides is 1. The van der Waals surface area contributed by atoms with E-state index in [-0.39, 0.29) is 5.91 Å². The van der Waals surface area contributed by atoms with Crippen molar-refractivity contribution < 1.29 is 9.53 Å². The van der Waals surface area contributed by atoms with E-state index >= 15 is 0 Å². The van der Waals surface area contributed by atoms with Gasteiger partial charge in [-0.3, -0.25) is 4.79 Å². The van der Waals surface area contributed by atoms with Crippen LogP contribution in [0.2, 0.25) is 0 Å². The SMILES string of the molecule is CCOCCn1c(=NC(=O)c2ccccc2I)sc2c3ccccc3ccc21. The van der Waals surface area contributed by atoms with Gasteiger partial charge in [-0.25, -0.2) is 0 Å². The highest BCUT2D eigenvalue weighted by Gasteiger charge is 2.13. The van der Waals surface area contributed by atoms with E-state index in [4.69, 9.17) is 4.74 Å². The number of hydrogen-bond donors (Lipinski definition) is 0. The predicted molar refractivity (Wildman–Crippen MR) is 123 cm³/mol. The van der Waals surface area contributed by atoms with E-state index in [1.54, 1.807) is 11.3 Å². The van der Waals surface area contributed by atoms with E-state index in [0.29, 0.717) is 30.1 Å². The summed E-state index contributed by atoms with van der Waals surface area (Å²) in [6, 6.07) is 20.1. The molecule has 0 saturated heterocycles. The molecule has 0 aliphatic rings. The van der Waals surface area contributed by atoms with Gasteiger partial charge in [0.1, 0.15) is 0 Å². The Balaban J connectivity index is 1.90. The van der Waals surface area contributed by atoms with Crippen LogP contribution in [0.25, 0.3) is 21.0 Å². The molecule has 0 atom stereocenters. The zero-order valence-corrected chi connectivity index (χ0v) is 18.4. The molecule has 0 aliphatic carbocycles. The lowest BCUT2D eigenvalue weighted by atomic mass is 10.1. The van der Waals surface area contributed by atoms with Crippen molar-refractivity contribution in [2.45, 2.75) is 13.5 Å². The number of thiazole rings is 1. The normalized spacial score (nSPS) is 12.1. The van der Waals surface area contributed by atoms with Crippen LogP contribution in [0.1, 0.15) is 17.3 Å². The Morgan fingerprint density at radius 1 is 1.11 bits per heavy atom. The van der Waals surface area contributed by atoms with Gasteiger partial charge in [-0.2, -0.15) is 4.99 Å². The van der Waals surface area contributed by atoms with E-state index in [2.05, 4.69) is 56.4 Å². The van der Waals surface area contributed by atoms with Gasteiger partial charge in [0, 0.05) is 22.1 Å². The van der Waals surface area contributed by atoms with Crippen molar-refractivity contribution in [3.63, 3.8) is 0 Å². The van der Waals surface area contributed by atoms with Crippen molar-refractivity contribution >= 4 is 60.8 Å². The summed E-state index contributed by atoms with van der Waals surface area (Å²) < 4.78 is 9.70. The molecule has 142 valence electrons. The second-order valence-corrected chi connectivity index (χ2v) is 8.40. The molecule has 0 unspecified atom stereocenters. The largest absolute Gasteiger partial charge is 0.380 e. The van der Waals surface area contributed by atoms with Crippen LogP contribution in [-0.2, 0) is 11.3 Å². The number of carbonyl (C=O) groups excluding carboxylic acids is 1. The molecule has 28 heavy (non-hydrogen) atoms. The van der Waals surface area contributed by atoms with E-state index in [0.717, 1.165) is 13.8 Å². The molecule has 1 amide bonds. The third-order valence-electron chi connectivity index (χ3n) is 4.54. The number of hydrogen-bond acceptors (Lipinski definition) is 3. The fourth-order valence-electron chi connectivity index (χ4n) is 3.18. The van der Waals surface area contributed by atoms with Crippen LogP contribution in [0.4, 0.5) is 0 Å². The molecule has 0 aliphatic heterocycles. The topological polar surface area (TPSA) is 43.6 Å². The van der Waals surface area contributed by atoms with Crippen molar-refractivity contribution in [1.82, 2.24) is 4.57 Å². The van der Waals surface area contributed by atoms with Gasteiger partial charge in [0.2, 0.25) is 0 Å². The minimum Gasteiger partial charge on any atom is -0.380 e. The summed E-state index contributed by atoms with van der Waals surface area (Å²) >= 11 is 3.73. The van der Waals surface area contributed by atoms with Gasteiger partial charge in [-0.05, 0) is 53.1 Å². The van der Waals surface area contributed by atoms with E-state index < -0.39 is 0 Å². The molecule has 0 fully saturated rings. The van der Waals surface area contributed by atoms with Gasteiger partial charge in [-0.1, -0.05) is 53.8 Å². The first-order valence-electron chi connectivity index (χ1n) is 9.11. The molecule has 0 radical (unpaired) electrons. The monoisotopic (exact) mass is 502 g/mol. The lowest BCUT2D eigenvalue weighted by molar-refractivity contribution is 0.0996. The molecular formula is C22H19IN2O2S. The minimum absolute atomic E-state index is 0.217. The summed E-state index contributed by atoms with van der Waals surface area (Å²) in [6.45, 7) is 3.89. The molecule has 1 heterocycles. The standard InChI is InChI=1S/C22H19IN2O2S/c1-2-27-14-13-25-19-12-11-15-7-3-4-8-16(15)20(19)28-22(25)24-21(26)17-9-5-6-10-18(17)23/h3-12H,2,13-14H2,1H3. The van der Waals surface area contributed by atoms with E-state index in [1.807, 2.05) is 43.3 Å². The fraction of sp³-hybridized carbons (Fsp3) is 0.182. The van der Waals surface area contributed by atoms with Gasteiger partial charge in [-0.15, -0.1) is 0 Å². The Labute approximate surface area is 180 Å². The Hall–Kier alpha value is -2.03. The van der Waals surface area contributed by atoms with Gasteiger partial charge in [0.25, 0.3) is 5.91 Å². The maximum Gasteiger partial charge on any atom is 0.280 e. The number of ether oxygens (including phenoxy) is 1. The van der Waals surface area contributed by atoms with Crippen LogP contribution in [0.15, 0.2) is 65.7 Å². The lowest BCUT2D eigenvalue weighted by Crippen LogP contribution is -2.20. The number of aromatic nitrogens is 1. The molecule has 0 saturated carbocycles. The fourth-order valence-corrected chi connectivity index (χ4v) is 4.99. The highest BCUT2D eigenvalue weighted by molar-refractivity contribution is 14.1. The number of rotatable bonds is 5. The number of halogens is 1. The third-order valence-corrected chi connectivity index (χ3v) is 6.61. The second-order valence-electron chi connectivity index (χ2n) is 6.26. The molecule has 1 aromatic heterocycles. The molecule has 0 spiro atoms. The first kappa shape index (κ1) is 19.3. The Morgan fingerprint density at radius 3 is 2.71 bits per heavy atom. The molecule has 4 nitrogen and oxygen atoms in total. The maximum absolute atomic E-state index is 12.8. The number of carbonyl (C=O) groups is 1. The third kappa shape index (κ3) is 3.76. The second kappa shape index (κ2) is 8.55. The van der Waals surface area contributed by atoms with E-state index in [1.165, 1.54) is 10.8 Å². The van der Waals surface area contributed by atoms with Crippen LogP contribution in [0, 0.1) is 3.57 Å². The maximum atomic E-state index is 12.8. The lowest BCUT2D eigenvalue weighted by Gasteiger charge is -2.06. The summed E-state index contributed by atoms with van der Waals surface area (Å²) in [4.78, 5) is 18.0. The summed E-state index contributed by atoms with van der Waals surface area (Å²) in [5.74, 6) is -0.217. The average molecular weight is 502 g/mol. The number of benzene rings is 3. The molecular weight excluding hydrogens is 483 g/mol. The zero-order chi connectivity index (χ0) is 19.5. The molecule has 4 rings (SSSR count). The van der Waals surface area contributed by atoms with Crippen molar-refractivity contribution in [1.29, 1.82) is 0 Å². The quantitative estimate of drug-likeness (QED) is 0.277. The highest BCUT2D eigenvalue weighted by Crippen LogP contribution is 2.27. The summed E-state index contributed by atoms with van der Waals surface area (Å²) in [7, 11) is 0. The highest BCUT2D eigenvalue weighted by atomic mass is 127. The Morgan fingerprint density at radius 2 is 1.89 bits per heavy atom. The van der Waals surface area contributed by atoms with Crippen LogP contribution in [-0.4, -0.2) is 23.7 Å². The van der Waals surface area contributed by atoms with Gasteiger partial charge >= 0.3 is 0 Å². The van der Waals surface area contributed by atoms with Crippen LogP contribution >= 0.6 is 33.9 Å².